The number of nitrogens with one attached hydrogen (secondary N) is 2. The molecular formula is C23H32N4O6S2. The molecule has 4 N–H and O–H groups in total. The number of rotatable bonds is 12. The molecule has 1 atom stereocenters. The Morgan fingerprint density at radius 1 is 1.17 bits per heavy atom. The number of unbranched alkanes of at least 4 members (excludes halogenated alkanes) is 1. The van der Waals surface area contributed by atoms with Gasteiger partial charge >= 0.3 is 6.09 Å². The Labute approximate surface area is 210 Å². The highest BCUT2D eigenvalue weighted by molar-refractivity contribution is 7.99. The van der Waals surface area contributed by atoms with Crippen LogP contribution in [0.2, 0.25) is 0 Å². The first-order chi connectivity index (χ1) is 16.3. The molecule has 192 valence electrons. The Balaban J connectivity index is 2.06. The standard InChI is InChI=1S/C23H32N4O6S2/c1-23(2,3)33-22(28)25-14-8-7-9-17(16-34-18-10-5-4-6-11-18)26-20-13-12-19(35(24,31)32)15-21(20)27(29)30/h4-6,10-13,15,17,26H,7-9,14,16H2,1-3H3,(H,25,28)(H2,24,31,32). The van der Waals surface area contributed by atoms with Crippen LogP contribution in [-0.2, 0) is 14.8 Å². The van der Waals surface area contributed by atoms with E-state index in [1.54, 1.807) is 32.5 Å². The van der Waals surface area contributed by atoms with Crippen LogP contribution in [0.5, 0.6) is 0 Å². The van der Waals surface area contributed by atoms with Crippen molar-refractivity contribution < 1.29 is 22.9 Å². The number of nitro groups is 1. The molecule has 0 saturated carbocycles. The van der Waals surface area contributed by atoms with E-state index in [4.69, 9.17) is 9.88 Å². The summed E-state index contributed by atoms with van der Waals surface area (Å²) < 4.78 is 28.5. The average molecular weight is 525 g/mol. The lowest BCUT2D eigenvalue weighted by Gasteiger charge is -2.21. The molecule has 12 heteroatoms. The fraction of sp³-hybridized carbons (Fsp3) is 0.435. The number of thioether (sulfide) groups is 1. The lowest BCUT2D eigenvalue weighted by molar-refractivity contribution is -0.384. The largest absolute Gasteiger partial charge is 0.444 e. The summed E-state index contributed by atoms with van der Waals surface area (Å²) in [6.07, 6.45) is 1.63. The maximum Gasteiger partial charge on any atom is 0.407 e. The summed E-state index contributed by atoms with van der Waals surface area (Å²) >= 11 is 1.61. The van der Waals surface area contributed by atoms with Crippen LogP contribution in [0.4, 0.5) is 16.2 Å². The van der Waals surface area contributed by atoms with Gasteiger partial charge in [-0.2, -0.15) is 0 Å². The molecule has 1 unspecified atom stereocenters. The first-order valence-electron chi connectivity index (χ1n) is 11.1. The van der Waals surface area contributed by atoms with Gasteiger partial charge in [-0.25, -0.2) is 18.4 Å². The molecule has 10 nitrogen and oxygen atoms in total. The van der Waals surface area contributed by atoms with Crippen LogP contribution in [-0.4, -0.2) is 43.4 Å². The molecule has 0 aliphatic heterocycles. The maximum atomic E-state index is 11.8. The average Bonchev–Trinajstić information content (AvgIpc) is 2.75. The summed E-state index contributed by atoms with van der Waals surface area (Å²) in [5.74, 6) is 0.623. The van der Waals surface area contributed by atoms with Gasteiger partial charge in [-0.3, -0.25) is 10.1 Å². The predicted octanol–water partition coefficient (Wildman–Crippen LogP) is 4.51. The van der Waals surface area contributed by atoms with Gasteiger partial charge in [0.2, 0.25) is 10.0 Å². The fourth-order valence-electron chi connectivity index (χ4n) is 3.11. The maximum absolute atomic E-state index is 11.8. The van der Waals surface area contributed by atoms with Crippen molar-refractivity contribution in [1.29, 1.82) is 0 Å². The smallest absolute Gasteiger partial charge is 0.407 e. The molecule has 35 heavy (non-hydrogen) atoms. The number of benzene rings is 2. The van der Waals surface area contributed by atoms with E-state index in [0.717, 1.165) is 17.4 Å². The molecule has 0 spiro atoms. The Morgan fingerprint density at radius 2 is 1.86 bits per heavy atom. The molecular weight excluding hydrogens is 492 g/mol. The number of primary sulfonamides is 1. The van der Waals surface area contributed by atoms with Crippen molar-refractivity contribution in [2.45, 2.75) is 61.5 Å². The minimum absolute atomic E-state index is 0.152. The van der Waals surface area contributed by atoms with Crippen molar-refractivity contribution in [2.24, 2.45) is 5.14 Å². The summed E-state index contributed by atoms with van der Waals surface area (Å²) in [4.78, 5) is 23.5. The van der Waals surface area contributed by atoms with Crippen LogP contribution >= 0.6 is 11.8 Å². The van der Waals surface area contributed by atoms with Gasteiger partial charge in [0.05, 0.1) is 9.82 Å². The minimum Gasteiger partial charge on any atom is -0.444 e. The molecule has 0 fully saturated rings. The third kappa shape index (κ3) is 10.5. The van der Waals surface area contributed by atoms with Gasteiger partial charge in [-0.1, -0.05) is 18.2 Å². The molecule has 2 aromatic rings. The summed E-state index contributed by atoms with van der Waals surface area (Å²) in [5.41, 5.74) is -0.716. The molecule has 0 aliphatic rings. The van der Waals surface area contributed by atoms with Crippen molar-refractivity contribution in [3.8, 4) is 0 Å². The zero-order valence-electron chi connectivity index (χ0n) is 20.0. The molecule has 2 rings (SSSR count). The highest BCUT2D eigenvalue weighted by Crippen LogP contribution is 2.30. The SMILES string of the molecule is CC(C)(C)OC(=O)NCCCCC(CSc1ccccc1)Nc1ccc(S(N)(=O)=O)cc1[N+](=O)[O-]. The van der Waals surface area contributed by atoms with Crippen molar-refractivity contribution in [3.63, 3.8) is 0 Å². The topological polar surface area (TPSA) is 154 Å². The Hall–Kier alpha value is -2.83. The number of hydrogen-bond acceptors (Lipinski definition) is 8. The fourth-order valence-corrected chi connectivity index (χ4v) is 4.64. The van der Waals surface area contributed by atoms with Gasteiger partial charge in [-0.15, -0.1) is 11.8 Å². The number of carbonyl (C=O) groups excluding carboxylic acids is 1. The predicted molar refractivity (Wildman–Crippen MR) is 137 cm³/mol. The van der Waals surface area contributed by atoms with Crippen LogP contribution in [0.25, 0.3) is 0 Å². The molecule has 1 amide bonds. The number of carbonyl (C=O) groups is 1. The van der Waals surface area contributed by atoms with Gasteiger partial charge < -0.3 is 15.4 Å². The Bertz CT molecular complexity index is 1100. The molecule has 0 saturated heterocycles. The third-order valence-corrected chi connectivity index (χ3v) is 6.78. The number of nitro benzene ring substituents is 1. The first-order valence-corrected chi connectivity index (χ1v) is 13.6. The summed E-state index contributed by atoms with van der Waals surface area (Å²) in [7, 11) is -4.07. The van der Waals surface area contributed by atoms with Crippen molar-refractivity contribution in [3.05, 3.63) is 58.6 Å². The first kappa shape index (κ1) is 28.4. The quantitative estimate of drug-likeness (QED) is 0.159. The normalized spacial score (nSPS) is 12.6. The monoisotopic (exact) mass is 524 g/mol. The summed E-state index contributed by atoms with van der Waals surface area (Å²) in [6.45, 7) is 5.82. The summed E-state index contributed by atoms with van der Waals surface area (Å²) in [5, 5.41) is 22.6. The van der Waals surface area contributed by atoms with E-state index in [2.05, 4.69) is 10.6 Å². The van der Waals surface area contributed by atoms with Crippen LogP contribution < -0.4 is 15.8 Å². The second-order valence-corrected chi connectivity index (χ2v) is 11.5. The van der Waals surface area contributed by atoms with E-state index < -0.39 is 26.6 Å². The molecule has 0 radical (unpaired) electrons. The Kier molecular flexibility index (Phi) is 10.3. The second-order valence-electron chi connectivity index (χ2n) is 8.87. The van der Waals surface area contributed by atoms with Gasteiger partial charge in [0.1, 0.15) is 11.3 Å². The van der Waals surface area contributed by atoms with Crippen molar-refractivity contribution in [2.75, 3.05) is 17.6 Å². The molecule has 0 bridgehead atoms. The van der Waals surface area contributed by atoms with Crippen LogP contribution in [0, 0.1) is 10.1 Å². The molecule has 2 aromatic carbocycles. The third-order valence-electron chi connectivity index (χ3n) is 4.70. The highest BCUT2D eigenvalue weighted by atomic mass is 32.2. The minimum atomic E-state index is -4.07. The zero-order chi connectivity index (χ0) is 26.1. The van der Waals surface area contributed by atoms with E-state index in [9.17, 15) is 23.3 Å². The van der Waals surface area contributed by atoms with Gasteiger partial charge in [0, 0.05) is 29.3 Å². The van der Waals surface area contributed by atoms with E-state index in [0.29, 0.717) is 25.1 Å². The second kappa shape index (κ2) is 12.8. The Morgan fingerprint density at radius 3 is 2.46 bits per heavy atom. The van der Waals surface area contributed by atoms with Gasteiger partial charge in [0.25, 0.3) is 5.69 Å². The summed E-state index contributed by atoms with van der Waals surface area (Å²) in [6, 6.07) is 13.2. The van der Waals surface area contributed by atoms with Gasteiger partial charge in [0.15, 0.2) is 0 Å². The number of sulfonamides is 1. The number of amides is 1. The molecule has 0 aromatic heterocycles. The number of alkyl carbamates (subject to hydrolysis) is 1. The van der Waals surface area contributed by atoms with Crippen molar-refractivity contribution in [1.82, 2.24) is 5.32 Å². The van der Waals surface area contributed by atoms with Crippen LogP contribution in [0.15, 0.2) is 58.3 Å². The van der Waals surface area contributed by atoms with E-state index in [1.165, 1.54) is 12.1 Å². The zero-order valence-corrected chi connectivity index (χ0v) is 21.7. The van der Waals surface area contributed by atoms with Crippen LogP contribution in [0.3, 0.4) is 0 Å². The lowest BCUT2D eigenvalue weighted by atomic mass is 10.1. The number of ether oxygens (including phenoxy) is 1. The van der Waals surface area contributed by atoms with E-state index in [-0.39, 0.29) is 22.3 Å². The highest BCUT2D eigenvalue weighted by Gasteiger charge is 2.21. The number of hydrogen-bond donors (Lipinski definition) is 3. The van der Waals surface area contributed by atoms with E-state index >= 15 is 0 Å². The van der Waals surface area contributed by atoms with Crippen molar-refractivity contribution >= 4 is 39.3 Å². The van der Waals surface area contributed by atoms with Crippen LogP contribution in [0.1, 0.15) is 40.0 Å². The number of nitrogens with two attached hydrogens (primary N) is 1. The number of nitrogens with zero attached hydrogens (tertiary/aromatic N) is 1. The van der Waals surface area contributed by atoms with Gasteiger partial charge in [-0.05, 0) is 64.3 Å². The number of anilines is 1. The molecule has 0 aliphatic carbocycles. The van der Waals surface area contributed by atoms with E-state index in [1.807, 2.05) is 30.3 Å². The lowest BCUT2D eigenvalue weighted by Crippen LogP contribution is -2.33. The molecule has 0 heterocycles.